The van der Waals surface area contributed by atoms with Crippen molar-refractivity contribution in [3.63, 3.8) is 0 Å². The molecule has 0 saturated heterocycles. The van der Waals surface area contributed by atoms with Crippen LogP contribution in [0.5, 0.6) is 11.5 Å². The second-order valence-corrected chi connectivity index (χ2v) is 7.25. The molecule has 0 aliphatic carbocycles. The molecule has 8 nitrogen and oxygen atoms in total. The van der Waals surface area contributed by atoms with Crippen LogP contribution in [0.4, 0.5) is 0 Å². The summed E-state index contributed by atoms with van der Waals surface area (Å²) in [5.74, 6) is -2.85. The van der Waals surface area contributed by atoms with E-state index in [2.05, 4.69) is 0 Å². The average molecular weight is 380 g/mol. The Bertz CT molecular complexity index is 890. The van der Waals surface area contributed by atoms with Gasteiger partial charge in [-0.3, -0.25) is 4.79 Å². The number of carboxylic acids is 1. The van der Waals surface area contributed by atoms with Crippen molar-refractivity contribution in [1.82, 2.24) is 0 Å². The van der Waals surface area contributed by atoms with Crippen LogP contribution in [0.3, 0.4) is 0 Å². The highest BCUT2D eigenvalue weighted by Crippen LogP contribution is 2.23. The molecule has 26 heavy (non-hydrogen) atoms. The number of aromatic hydroxyl groups is 1. The summed E-state index contributed by atoms with van der Waals surface area (Å²) in [7, 11) is -3.58. The third-order valence-corrected chi connectivity index (χ3v) is 5.05. The molecule has 2 rings (SSSR count). The zero-order chi connectivity index (χ0) is 19.2. The first-order chi connectivity index (χ1) is 12.3. The monoisotopic (exact) mass is 380 g/mol. The molecule has 0 fully saturated rings. The van der Waals surface area contributed by atoms with Gasteiger partial charge >= 0.3 is 11.9 Å². The lowest BCUT2D eigenvalue weighted by molar-refractivity contribution is -0.149. The van der Waals surface area contributed by atoms with Gasteiger partial charge in [-0.05, 0) is 24.3 Å². The zero-order valence-electron chi connectivity index (χ0n) is 13.5. The third-order valence-electron chi connectivity index (χ3n) is 3.32. The van der Waals surface area contributed by atoms with Gasteiger partial charge in [-0.2, -0.15) is 0 Å². The van der Waals surface area contributed by atoms with Crippen LogP contribution in [0.2, 0.25) is 0 Å². The number of ether oxygens (including phenoxy) is 2. The van der Waals surface area contributed by atoms with Crippen molar-refractivity contribution in [1.29, 1.82) is 0 Å². The molecule has 0 aliphatic rings. The van der Waals surface area contributed by atoms with E-state index in [1.807, 2.05) is 0 Å². The van der Waals surface area contributed by atoms with E-state index in [0.717, 1.165) is 12.1 Å². The minimum atomic E-state index is -3.58. The van der Waals surface area contributed by atoms with E-state index >= 15 is 0 Å². The van der Waals surface area contributed by atoms with Crippen molar-refractivity contribution in [2.45, 2.75) is 11.3 Å². The fraction of sp³-hybridized carbons (Fsp3) is 0.176. The van der Waals surface area contributed by atoms with Crippen molar-refractivity contribution < 1.29 is 37.7 Å². The maximum absolute atomic E-state index is 12.0. The Labute approximate surface area is 149 Å². The minimum Gasteiger partial charge on any atom is -0.507 e. The topological polar surface area (TPSA) is 127 Å². The Morgan fingerprint density at radius 2 is 1.73 bits per heavy atom. The minimum absolute atomic E-state index is 0.0946. The van der Waals surface area contributed by atoms with E-state index in [-0.39, 0.29) is 22.6 Å². The molecule has 0 radical (unpaired) electrons. The predicted molar refractivity (Wildman–Crippen MR) is 89.8 cm³/mol. The number of rotatable bonds is 8. The first-order valence-corrected chi connectivity index (χ1v) is 9.07. The van der Waals surface area contributed by atoms with Gasteiger partial charge in [-0.15, -0.1) is 0 Å². The Morgan fingerprint density at radius 3 is 2.35 bits per heavy atom. The van der Waals surface area contributed by atoms with Crippen LogP contribution >= 0.6 is 0 Å². The molecule has 0 spiro atoms. The van der Waals surface area contributed by atoms with Gasteiger partial charge in [-0.1, -0.05) is 18.2 Å². The van der Waals surface area contributed by atoms with E-state index in [1.54, 1.807) is 18.2 Å². The Morgan fingerprint density at radius 1 is 1.04 bits per heavy atom. The Balaban J connectivity index is 1.81. The largest absolute Gasteiger partial charge is 0.507 e. The summed E-state index contributed by atoms with van der Waals surface area (Å²) in [6.45, 7) is -0.504. The molecule has 2 aromatic rings. The summed E-state index contributed by atoms with van der Waals surface area (Å²) in [5.41, 5.74) is -0.291. The van der Waals surface area contributed by atoms with E-state index in [9.17, 15) is 23.1 Å². The molecule has 0 amide bonds. The zero-order valence-corrected chi connectivity index (χ0v) is 14.3. The number of carboxylic acid groups (broad SMARTS) is 1. The number of carbonyl (C=O) groups is 2. The summed E-state index contributed by atoms with van der Waals surface area (Å²) < 4.78 is 33.9. The second-order valence-electron chi connectivity index (χ2n) is 5.14. The standard InChI is InChI=1S/C17H16O8S/c18-15-10-12(6-7-14(15)17(20)21)24-11-25-16(19)8-9-26(22,23)13-4-2-1-3-5-13/h1-7,10,18H,8-9,11H2,(H,20,21). The van der Waals surface area contributed by atoms with E-state index in [4.69, 9.17) is 14.6 Å². The summed E-state index contributed by atoms with van der Waals surface area (Å²) >= 11 is 0. The first kappa shape index (κ1) is 19.3. The van der Waals surface area contributed by atoms with Crippen molar-refractivity contribution in [3.8, 4) is 11.5 Å². The SMILES string of the molecule is O=C(CCS(=O)(=O)c1ccccc1)OCOc1ccc(C(=O)O)c(O)c1. The fourth-order valence-electron chi connectivity index (χ4n) is 1.98. The molecule has 0 aliphatic heterocycles. The highest BCUT2D eigenvalue weighted by Gasteiger charge is 2.17. The van der Waals surface area contributed by atoms with Crippen LogP contribution in [0.1, 0.15) is 16.8 Å². The van der Waals surface area contributed by atoms with Crippen LogP contribution in [0.15, 0.2) is 53.4 Å². The summed E-state index contributed by atoms with van der Waals surface area (Å²) in [5, 5.41) is 18.3. The highest BCUT2D eigenvalue weighted by atomic mass is 32.2. The number of phenols is 1. The smallest absolute Gasteiger partial charge is 0.339 e. The van der Waals surface area contributed by atoms with Crippen molar-refractivity contribution >= 4 is 21.8 Å². The maximum Gasteiger partial charge on any atom is 0.339 e. The molecule has 0 heterocycles. The lowest BCUT2D eigenvalue weighted by Crippen LogP contribution is -2.15. The van der Waals surface area contributed by atoms with Crippen LogP contribution in [0.25, 0.3) is 0 Å². The number of sulfone groups is 1. The lowest BCUT2D eigenvalue weighted by atomic mass is 10.2. The van der Waals surface area contributed by atoms with Gasteiger partial charge < -0.3 is 19.7 Å². The maximum atomic E-state index is 12.0. The van der Waals surface area contributed by atoms with Crippen molar-refractivity contribution in [2.75, 3.05) is 12.5 Å². The fourth-order valence-corrected chi connectivity index (χ4v) is 3.22. The van der Waals surface area contributed by atoms with Crippen LogP contribution in [0, 0.1) is 0 Å². The van der Waals surface area contributed by atoms with Crippen LogP contribution in [-0.4, -0.2) is 43.1 Å². The highest BCUT2D eigenvalue weighted by molar-refractivity contribution is 7.91. The Kier molecular flexibility index (Phi) is 6.18. The number of esters is 1. The molecule has 2 N–H and O–H groups in total. The molecule has 9 heteroatoms. The Hall–Kier alpha value is -3.07. The first-order valence-electron chi connectivity index (χ1n) is 7.42. The number of benzene rings is 2. The predicted octanol–water partition coefficient (Wildman–Crippen LogP) is 1.83. The van der Waals surface area contributed by atoms with E-state index in [1.165, 1.54) is 18.2 Å². The van der Waals surface area contributed by atoms with E-state index in [0.29, 0.717) is 0 Å². The van der Waals surface area contributed by atoms with Crippen molar-refractivity contribution in [3.05, 3.63) is 54.1 Å². The molecule has 0 saturated carbocycles. The van der Waals surface area contributed by atoms with Gasteiger partial charge in [0.25, 0.3) is 0 Å². The normalized spacial score (nSPS) is 10.9. The molecule has 0 unspecified atom stereocenters. The third kappa shape index (κ3) is 5.21. The lowest BCUT2D eigenvalue weighted by Gasteiger charge is -2.09. The molecule has 138 valence electrons. The number of aromatic carboxylic acids is 1. The van der Waals surface area contributed by atoms with Gasteiger partial charge in [0, 0.05) is 6.07 Å². The number of hydrogen-bond donors (Lipinski definition) is 2. The van der Waals surface area contributed by atoms with Gasteiger partial charge in [0.1, 0.15) is 17.1 Å². The van der Waals surface area contributed by atoms with Crippen LogP contribution < -0.4 is 4.74 Å². The summed E-state index contributed by atoms with van der Waals surface area (Å²) in [6, 6.07) is 11.2. The van der Waals surface area contributed by atoms with E-state index < -0.39 is 40.1 Å². The van der Waals surface area contributed by atoms with Gasteiger partial charge in [0.15, 0.2) is 9.84 Å². The van der Waals surface area contributed by atoms with Gasteiger partial charge in [-0.25, -0.2) is 13.2 Å². The summed E-state index contributed by atoms with van der Waals surface area (Å²) in [6.07, 6.45) is -0.343. The average Bonchev–Trinajstić information content (AvgIpc) is 2.60. The van der Waals surface area contributed by atoms with Gasteiger partial charge in [0.05, 0.1) is 17.1 Å². The molecule has 0 aromatic heterocycles. The quantitative estimate of drug-likeness (QED) is 0.524. The molecular weight excluding hydrogens is 364 g/mol. The number of hydrogen-bond acceptors (Lipinski definition) is 7. The molecule has 2 aromatic carbocycles. The summed E-state index contributed by atoms with van der Waals surface area (Å²) in [4.78, 5) is 22.5. The molecule has 0 atom stereocenters. The second kappa shape index (κ2) is 8.34. The molecule has 0 bridgehead atoms. The number of carbonyl (C=O) groups excluding carboxylic acids is 1. The molecular formula is C17H16O8S. The van der Waals surface area contributed by atoms with Crippen LogP contribution in [-0.2, 0) is 19.4 Å². The van der Waals surface area contributed by atoms with Gasteiger partial charge in [0.2, 0.25) is 6.79 Å². The van der Waals surface area contributed by atoms with Crippen molar-refractivity contribution in [2.24, 2.45) is 0 Å².